The number of morpholine rings is 1. The first-order valence-corrected chi connectivity index (χ1v) is 21.7. The summed E-state index contributed by atoms with van der Waals surface area (Å²) in [5, 5.41) is 0. The number of imidazole rings is 1. The molecule has 0 spiro atoms. The van der Waals surface area contributed by atoms with Crippen molar-refractivity contribution in [2.24, 2.45) is 11.8 Å². The van der Waals surface area contributed by atoms with Crippen LogP contribution in [-0.2, 0) is 44.7 Å². The van der Waals surface area contributed by atoms with Gasteiger partial charge in [-0.3, -0.25) is 24.1 Å². The highest BCUT2D eigenvalue weighted by Gasteiger charge is 2.45. The number of hydrogen-bond acceptors (Lipinski definition) is 10. The van der Waals surface area contributed by atoms with Gasteiger partial charge in [0.2, 0.25) is 5.91 Å². The highest BCUT2D eigenvalue weighted by atomic mass is 19.1. The normalized spacial score (nSPS) is 21.2. The molecule has 4 aliphatic heterocycles. The first-order valence-electron chi connectivity index (χ1n) is 21.7. The Balaban J connectivity index is 1.20. The summed E-state index contributed by atoms with van der Waals surface area (Å²) < 4.78 is 71.3. The number of halogens is 3. The number of ether oxygens (including phenoxy) is 4. The minimum Gasteiger partial charge on any atom is -0.444 e. The Morgan fingerprint density at radius 1 is 0.938 bits per heavy atom. The molecule has 5 amide bonds. The third-order valence-electron chi connectivity index (χ3n) is 11.8. The molecule has 64 heavy (non-hydrogen) atoms. The average molecular weight is 893 g/mol. The maximum absolute atomic E-state index is 16.3. The van der Waals surface area contributed by atoms with Crippen molar-refractivity contribution in [2.75, 3.05) is 72.3 Å². The number of alkyl halides is 1. The molecule has 0 radical (unpaired) electrons. The molecule has 4 atom stereocenters. The van der Waals surface area contributed by atoms with Gasteiger partial charge in [0.15, 0.2) is 6.10 Å². The lowest BCUT2D eigenvalue weighted by molar-refractivity contribution is -0.159. The molecule has 18 heteroatoms. The first kappa shape index (κ1) is 46.4. The molecule has 4 aliphatic rings. The Bertz CT molecular complexity index is 2180. The number of carbonyl (C=O) groups excluding carboxylic acids is 5. The van der Waals surface area contributed by atoms with Crippen LogP contribution < -0.4 is 0 Å². The smallest absolute Gasteiger partial charge is 0.410 e. The molecule has 7 rings (SSSR count). The zero-order valence-electron chi connectivity index (χ0n) is 36.3. The summed E-state index contributed by atoms with van der Waals surface area (Å²) in [6.45, 7) is 5.82. The third kappa shape index (κ3) is 11.4. The zero-order valence-corrected chi connectivity index (χ0v) is 36.3. The minimum atomic E-state index is -1.54. The van der Waals surface area contributed by atoms with Crippen LogP contribution in [0.4, 0.5) is 18.0 Å². The molecular formula is C46H55F3N6O9. The Labute approximate surface area is 370 Å². The van der Waals surface area contributed by atoms with Crippen molar-refractivity contribution in [3.8, 4) is 11.3 Å². The average Bonchev–Trinajstić information content (AvgIpc) is 3.96. The van der Waals surface area contributed by atoms with Gasteiger partial charge in [-0.25, -0.2) is 22.9 Å². The molecule has 5 heterocycles. The Morgan fingerprint density at radius 3 is 2.39 bits per heavy atom. The van der Waals surface area contributed by atoms with Crippen molar-refractivity contribution in [2.45, 2.75) is 70.5 Å². The van der Waals surface area contributed by atoms with Gasteiger partial charge in [0.1, 0.15) is 29.2 Å². The molecule has 3 aromatic rings. The van der Waals surface area contributed by atoms with Gasteiger partial charge in [-0.05, 0) is 63.3 Å². The van der Waals surface area contributed by atoms with Crippen LogP contribution in [0.3, 0.4) is 0 Å². The number of carbonyl (C=O) groups is 5. The van der Waals surface area contributed by atoms with E-state index in [-0.39, 0.29) is 95.1 Å². The summed E-state index contributed by atoms with van der Waals surface area (Å²) in [4.78, 5) is 76.2. The fourth-order valence-electron chi connectivity index (χ4n) is 8.54. The second-order valence-electron chi connectivity index (χ2n) is 17.5. The molecule has 3 fully saturated rings. The highest BCUT2D eigenvalue weighted by molar-refractivity contribution is 6.12. The van der Waals surface area contributed by atoms with Gasteiger partial charge in [-0.15, -0.1) is 0 Å². The second kappa shape index (κ2) is 20.5. The minimum absolute atomic E-state index is 0.00242. The fourth-order valence-corrected chi connectivity index (χ4v) is 8.54. The van der Waals surface area contributed by atoms with Gasteiger partial charge in [0, 0.05) is 69.2 Å². The van der Waals surface area contributed by atoms with Gasteiger partial charge in [0.05, 0.1) is 57.6 Å². The van der Waals surface area contributed by atoms with E-state index in [1.54, 1.807) is 31.9 Å². The third-order valence-corrected chi connectivity index (χ3v) is 11.8. The lowest BCUT2D eigenvalue weighted by Crippen LogP contribution is -2.55. The van der Waals surface area contributed by atoms with Gasteiger partial charge in [0.25, 0.3) is 17.7 Å². The van der Waals surface area contributed by atoms with E-state index in [9.17, 15) is 23.6 Å². The largest absolute Gasteiger partial charge is 0.444 e. The molecular weight excluding hydrogens is 838 g/mol. The predicted molar refractivity (Wildman–Crippen MR) is 225 cm³/mol. The van der Waals surface area contributed by atoms with Gasteiger partial charge in [-0.1, -0.05) is 30.3 Å². The van der Waals surface area contributed by atoms with Crippen LogP contribution in [0.1, 0.15) is 57.5 Å². The number of amides is 5. The molecule has 0 saturated carbocycles. The molecule has 3 saturated heterocycles. The van der Waals surface area contributed by atoms with Crippen LogP contribution in [0.15, 0.2) is 66.9 Å². The topological polar surface area (TPSA) is 153 Å². The molecule has 344 valence electrons. The lowest BCUT2D eigenvalue weighted by Gasteiger charge is -2.42. The molecule has 4 unspecified atom stereocenters. The summed E-state index contributed by atoms with van der Waals surface area (Å²) in [7, 11) is 0. The summed E-state index contributed by atoms with van der Waals surface area (Å²) in [6.07, 6.45) is 1.52. The van der Waals surface area contributed by atoms with Gasteiger partial charge >= 0.3 is 6.09 Å². The van der Waals surface area contributed by atoms with Crippen molar-refractivity contribution in [3.63, 3.8) is 0 Å². The monoisotopic (exact) mass is 892 g/mol. The quantitative estimate of drug-likeness (QED) is 0.152. The molecule has 0 N–H and O–H groups in total. The zero-order chi connectivity index (χ0) is 45.5. The number of benzene rings is 2. The fraction of sp³-hybridized carbons (Fsp3) is 0.522. The van der Waals surface area contributed by atoms with E-state index in [2.05, 4.69) is 0 Å². The Kier molecular flexibility index (Phi) is 14.9. The molecule has 15 nitrogen and oxygen atoms in total. The van der Waals surface area contributed by atoms with Crippen molar-refractivity contribution >= 4 is 29.7 Å². The highest BCUT2D eigenvalue weighted by Crippen LogP contribution is 2.39. The number of nitrogens with zero attached hydrogens (tertiary/aromatic N) is 6. The summed E-state index contributed by atoms with van der Waals surface area (Å²) in [5.74, 6) is -3.87. The second-order valence-corrected chi connectivity index (χ2v) is 17.5. The maximum Gasteiger partial charge on any atom is 0.410 e. The van der Waals surface area contributed by atoms with Crippen molar-refractivity contribution in [1.82, 2.24) is 29.2 Å². The number of rotatable bonds is 15. The lowest BCUT2D eigenvalue weighted by atomic mass is 9.88. The molecule has 1 aromatic heterocycles. The Morgan fingerprint density at radius 2 is 1.67 bits per heavy atom. The van der Waals surface area contributed by atoms with Crippen molar-refractivity contribution in [3.05, 3.63) is 89.9 Å². The van der Waals surface area contributed by atoms with Crippen molar-refractivity contribution in [1.29, 1.82) is 0 Å². The van der Waals surface area contributed by atoms with E-state index in [4.69, 9.17) is 23.9 Å². The van der Waals surface area contributed by atoms with Crippen LogP contribution in [-0.4, -0.2) is 149 Å². The number of aromatic nitrogens is 2. The van der Waals surface area contributed by atoms with Crippen LogP contribution in [0.5, 0.6) is 0 Å². The van der Waals surface area contributed by atoms with Crippen LogP contribution in [0, 0.1) is 23.5 Å². The molecule has 0 aliphatic carbocycles. The maximum atomic E-state index is 16.3. The number of imide groups is 1. The summed E-state index contributed by atoms with van der Waals surface area (Å²) in [6, 6.07) is 11.7. The van der Waals surface area contributed by atoms with Crippen LogP contribution >= 0.6 is 0 Å². The van der Waals surface area contributed by atoms with E-state index in [0.29, 0.717) is 31.9 Å². The van der Waals surface area contributed by atoms with Gasteiger partial charge < -0.3 is 38.2 Å². The summed E-state index contributed by atoms with van der Waals surface area (Å²) >= 11 is 0. The van der Waals surface area contributed by atoms with E-state index in [1.807, 2.05) is 34.9 Å². The van der Waals surface area contributed by atoms with Gasteiger partial charge in [-0.2, -0.15) is 0 Å². The van der Waals surface area contributed by atoms with E-state index in [1.165, 1.54) is 22.0 Å². The number of likely N-dealkylation sites (tertiary alicyclic amines) is 1. The predicted octanol–water partition coefficient (Wildman–Crippen LogP) is 4.94. The van der Waals surface area contributed by atoms with E-state index >= 15 is 13.6 Å². The molecule has 0 bridgehead atoms. The summed E-state index contributed by atoms with van der Waals surface area (Å²) in [5.41, 5.74) is 0.0996. The van der Waals surface area contributed by atoms with E-state index < -0.39 is 65.3 Å². The Hall–Kier alpha value is -5.59. The van der Waals surface area contributed by atoms with Crippen molar-refractivity contribution < 1.29 is 56.1 Å². The molecule has 2 aromatic carbocycles. The van der Waals surface area contributed by atoms with Crippen LogP contribution in [0.25, 0.3) is 11.3 Å². The van der Waals surface area contributed by atoms with E-state index in [0.717, 1.165) is 28.7 Å². The first-order chi connectivity index (χ1) is 30.6. The SMILES string of the molecule is CC(C)(C)OC(=O)N1CC(F)C(CN(C(=O)C2CN(C(=O)CCOCCN3C(=O)C=CC3=O)CCO2)C(c2nc(-c3cc(F)ccc3F)cn2Cc2ccccc2)C2CCOCC2)C1. The standard InChI is InChI=1S/C46H55F3N6O9/c1-46(2,3)64-45(60)53-25-32(36(49)27-53)26-55(44(59)38-29-51(16-22-63-38)39(56)15-20-62-21-17-54-40(57)11-12-41(54)58)42(31-13-18-61-19-14-31)43-50-37(34-23-33(47)9-10-35(34)48)28-52(43)24-30-7-5-4-6-8-30/h4-12,23,28,31-32,36,38,42H,13-22,24-27,29H2,1-3H3. The van der Waals surface area contributed by atoms with Crippen LogP contribution in [0.2, 0.25) is 0 Å². The number of hydrogen-bond donors (Lipinski definition) is 0.